The van der Waals surface area contributed by atoms with Gasteiger partial charge in [-0.2, -0.15) is 0 Å². The molecular weight excluding hydrogens is 576 g/mol. The van der Waals surface area contributed by atoms with E-state index in [4.69, 9.17) is 23.2 Å². The molecule has 11 heteroatoms. The number of nitrogens with one attached hydrogen (secondary N) is 1. The van der Waals surface area contributed by atoms with Gasteiger partial charge in [-0.25, -0.2) is 12.8 Å². The molecule has 214 valence electrons. The van der Waals surface area contributed by atoms with Gasteiger partial charge in [0.25, 0.3) is 10.0 Å². The normalized spacial score (nSPS) is 12.2. The van der Waals surface area contributed by atoms with Crippen molar-refractivity contribution in [2.45, 2.75) is 57.6 Å². The summed E-state index contributed by atoms with van der Waals surface area (Å²) in [5.41, 5.74) is 1.05. The third-order valence-electron chi connectivity index (χ3n) is 6.18. The molecule has 0 aromatic heterocycles. The largest absolute Gasteiger partial charge is 0.352 e. The number of hydrogen-bond acceptors (Lipinski definition) is 4. The fourth-order valence-electron chi connectivity index (χ4n) is 4.14. The molecule has 0 spiro atoms. The number of para-hydroxylation sites is 1. The van der Waals surface area contributed by atoms with Gasteiger partial charge in [-0.1, -0.05) is 66.0 Å². The van der Waals surface area contributed by atoms with Crippen molar-refractivity contribution in [3.8, 4) is 0 Å². The van der Waals surface area contributed by atoms with E-state index >= 15 is 4.39 Å². The van der Waals surface area contributed by atoms with Gasteiger partial charge in [0.2, 0.25) is 11.8 Å². The molecule has 0 radical (unpaired) electrons. The molecule has 2 amide bonds. The number of carbonyl (C=O) groups excluding carboxylic acids is 2. The molecule has 0 bridgehead atoms. The monoisotopic (exact) mass is 607 g/mol. The smallest absolute Gasteiger partial charge is 0.264 e. The Morgan fingerprint density at radius 1 is 1.00 bits per heavy atom. The summed E-state index contributed by atoms with van der Waals surface area (Å²) in [4.78, 5) is 28.3. The van der Waals surface area contributed by atoms with Gasteiger partial charge in [0.15, 0.2) is 0 Å². The van der Waals surface area contributed by atoms with Gasteiger partial charge in [0.05, 0.1) is 10.6 Å². The summed E-state index contributed by atoms with van der Waals surface area (Å²) in [6.07, 6.45) is 0.236. The van der Waals surface area contributed by atoms with Crippen LogP contribution in [0.1, 0.15) is 38.3 Å². The summed E-state index contributed by atoms with van der Waals surface area (Å²) in [5, 5.41) is 3.49. The molecule has 0 aliphatic carbocycles. The predicted molar refractivity (Wildman–Crippen MR) is 156 cm³/mol. The summed E-state index contributed by atoms with van der Waals surface area (Å²) >= 11 is 12.4. The molecule has 40 heavy (non-hydrogen) atoms. The number of rotatable bonds is 11. The van der Waals surface area contributed by atoms with Gasteiger partial charge in [0.1, 0.15) is 18.4 Å². The zero-order valence-corrected chi connectivity index (χ0v) is 25.0. The lowest BCUT2D eigenvalue weighted by atomic mass is 10.1. The number of halogens is 3. The second-order valence-electron chi connectivity index (χ2n) is 9.62. The minimum atomic E-state index is -4.38. The van der Waals surface area contributed by atoms with E-state index in [0.717, 1.165) is 15.9 Å². The Kier molecular flexibility index (Phi) is 10.6. The highest BCUT2D eigenvalue weighted by atomic mass is 35.5. The van der Waals surface area contributed by atoms with Crippen molar-refractivity contribution in [3.63, 3.8) is 0 Å². The number of aryl methyl sites for hydroxylation is 1. The fourth-order valence-corrected chi connectivity index (χ4v) is 6.03. The Balaban J connectivity index is 2.10. The van der Waals surface area contributed by atoms with Crippen molar-refractivity contribution in [1.82, 2.24) is 10.2 Å². The lowest BCUT2D eigenvalue weighted by Crippen LogP contribution is -2.53. The fraction of sp³-hybridized carbons (Fsp3) is 0.310. The van der Waals surface area contributed by atoms with Crippen molar-refractivity contribution < 1.29 is 22.4 Å². The van der Waals surface area contributed by atoms with E-state index in [1.807, 2.05) is 0 Å². The molecule has 3 rings (SSSR count). The van der Waals surface area contributed by atoms with E-state index in [2.05, 4.69) is 5.32 Å². The second kappa shape index (κ2) is 13.5. The van der Waals surface area contributed by atoms with Crippen LogP contribution in [0.4, 0.5) is 10.1 Å². The number of carbonyl (C=O) groups is 2. The number of amides is 2. The van der Waals surface area contributed by atoms with Crippen LogP contribution in [0.15, 0.2) is 71.6 Å². The van der Waals surface area contributed by atoms with E-state index < -0.39 is 40.2 Å². The highest BCUT2D eigenvalue weighted by Crippen LogP contribution is 2.28. The SMILES string of the molecule is CCC(C(=O)NC(C)C)N(Cc1ccc(Cl)cc1Cl)C(=O)CN(c1ccccc1F)S(=O)(=O)c1ccc(C)cc1. The van der Waals surface area contributed by atoms with Gasteiger partial charge in [-0.05, 0) is 69.2 Å². The highest BCUT2D eigenvalue weighted by Gasteiger charge is 2.35. The van der Waals surface area contributed by atoms with Gasteiger partial charge in [0, 0.05) is 22.6 Å². The topological polar surface area (TPSA) is 86.8 Å². The van der Waals surface area contributed by atoms with Crippen molar-refractivity contribution >= 4 is 50.7 Å². The molecule has 0 saturated carbocycles. The average molecular weight is 609 g/mol. The first-order valence-electron chi connectivity index (χ1n) is 12.7. The van der Waals surface area contributed by atoms with Crippen LogP contribution in [0.25, 0.3) is 0 Å². The summed E-state index contributed by atoms with van der Waals surface area (Å²) in [6, 6.07) is 15.0. The molecule has 0 aliphatic heterocycles. The summed E-state index contributed by atoms with van der Waals surface area (Å²) < 4.78 is 43.3. The highest BCUT2D eigenvalue weighted by molar-refractivity contribution is 7.92. The molecule has 1 N–H and O–H groups in total. The van der Waals surface area contributed by atoms with Crippen molar-refractivity contribution in [3.05, 3.63) is 93.7 Å². The van der Waals surface area contributed by atoms with Crippen LogP contribution < -0.4 is 9.62 Å². The molecule has 3 aromatic carbocycles. The minimum Gasteiger partial charge on any atom is -0.352 e. The Morgan fingerprint density at radius 3 is 2.23 bits per heavy atom. The molecule has 1 atom stereocenters. The lowest BCUT2D eigenvalue weighted by molar-refractivity contribution is -0.140. The van der Waals surface area contributed by atoms with Gasteiger partial charge < -0.3 is 10.2 Å². The minimum absolute atomic E-state index is 0.103. The van der Waals surface area contributed by atoms with Crippen LogP contribution in [0.2, 0.25) is 10.0 Å². The molecular formula is C29H32Cl2FN3O4S. The maximum Gasteiger partial charge on any atom is 0.264 e. The van der Waals surface area contributed by atoms with Crippen LogP contribution in [0.5, 0.6) is 0 Å². The van der Waals surface area contributed by atoms with E-state index in [0.29, 0.717) is 10.6 Å². The van der Waals surface area contributed by atoms with E-state index in [-0.39, 0.29) is 34.6 Å². The molecule has 3 aromatic rings. The predicted octanol–water partition coefficient (Wildman–Crippen LogP) is 5.97. The number of benzene rings is 3. The standard InChI is InChI=1S/C29H32Cl2FN3O4S/c1-5-26(29(37)33-19(2)3)34(17-21-12-13-22(30)16-24(21)31)28(36)18-35(27-9-7-6-8-25(27)32)40(38,39)23-14-10-20(4)11-15-23/h6-16,19,26H,5,17-18H2,1-4H3,(H,33,37). The molecule has 0 heterocycles. The first-order chi connectivity index (χ1) is 18.8. The second-order valence-corrected chi connectivity index (χ2v) is 12.3. The zero-order chi connectivity index (χ0) is 29.6. The van der Waals surface area contributed by atoms with Gasteiger partial charge in [-0.15, -0.1) is 0 Å². The first kappa shape index (κ1) is 31.4. The number of nitrogens with zero attached hydrogens (tertiary/aromatic N) is 2. The Hall–Kier alpha value is -3.14. The third-order valence-corrected chi connectivity index (χ3v) is 8.54. The van der Waals surface area contributed by atoms with E-state index in [1.54, 1.807) is 52.0 Å². The Morgan fingerprint density at radius 2 is 1.65 bits per heavy atom. The van der Waals surface area contributed by atoms with Crippen LogP contribution in [0.3, 0.4) is 0 Å². The zero-order valence-electron chi connectivity index (χ0n) is 22.7. The van der Waals surface area contributed by atoms with E-state index in [1.165, 1.54) is 41.3 Å². The summed E-state index contributed by atoms with van der Waals surface area (Å²) in [7, 11) is -4.38. The molecule has 0 saturated heterocycles. The molecule has 0 aliphatic rings. The maximum absolute atomic E-state index is 15.0. The quantitative estimate of drug-likeness (QED) is 0.291. The molecule has 0 fully saturated rings. The lowest BCUT2D eigenvalue weighted by Gasteiger charge is -2.33. The van der Waals surface area contributed by atoms with Crippen LogP contribution >= 0.6 is 23.2 Å². The van der Waals surface area contributed by atoms with E-state index in [9.17, 15) is 18.0 Å². The van der Waals surface area contributed by atoms with Gasteiger partial charge >= 0.3 is 0 Å². The van der Waals surface area contributed by atoms with Crippen LogP contribution in [-0.4, -0.2) is 43.8 Å². The Labute approximate surface area is 244 Å². The maximum atomic E-state index is 15.0. The Bertz CT molecular complexity index is 1470. The number of anilines is 1. The van der Waals surface area contributed by atoms with Crippen molar-refractivity contribution in [1.29, 1.82) is 0 Å². The van der Waals surface area contributed by atoms with Crippen LogP contribution in [0, 0.1) is 12.7 Å². The third kappa shape index (κ3) is 7.53. The average Bonchev–Trinajstić information content (AvgIpc) is 2.88. The number of sulfonamides is 1. The summed E-state index contributed by atoms with van der Waals surface area (Å²) in [6.45, 7) is 6.28. The van der Waals surface area contributed by atoms with Crippen molar-refractivity contribution in [2.24, 2.45) is 0 Å². The van der Waals surface area contributed by atoms with Crippen LogP contribution in [-0.2, 0) is 26.2 Å². The summed E-state index contributed by atoms with van der Waals surface area (Å²) in [5.74, 6) is -1.94. The van der Waals surface area contributed by atoms with Gasteiger partial charge in [-0.3, -0.25) is 13.9 Å². The first-order valence-corrected chi connectivity index (χ1v) is 14.9. The molecule has 7 nitrogen and oxygen atoms in total. The molecule has 1 unspecified atom stereocenters. The number of hydrogen-bond donors (Lipinski definition) is 1. The van der Waals surface area contributed by atoms with Crippen molar-refractivity contribution in [2.75, 3.05) is 10.8 Å².